The number of nitrogens with one attached hydrogen (secondary N) is 1. The first-order valence-corrected chi connectivity index (χ1v) is 6.03. The number of carbonyl (C=O) groups is 2. The van der Waals surface area contributed by atoms with Crippen LogP contribution in [0.25, 0.3) is 0 Å². The van der Waals surface area contributed by atoms with E-state index in [0.717, 1.165) is 5.69 Å². The molecule has 1 aromatic heterocycles. The number of hydrogen-bond acceptors (Lipinski definition) is 3. The van der Waals surface area contributed by atoms with E-state index in [1.165, 1.54) is 0 Å². The molecule has 1 heterocycles. The molecule has 1 unspecified atom stereocenters. The summed E-state index contributed by atoms with van der Waals surface area (Å²) < 4.78 is 1.59. The Labute approximate surface area is 106 Å². The number of carboxylic acid groups (broad SMARTS) is 1. The topological polar surface area (TPSA) is 84.2 Å². The van der Waals surface area contributed by atoms with E-state index in [4.69, 9.17) is 5.11 Å². The zero-order valence-electron chi connectivity index (χ0n) is 10.9. The van der Waals surface area contributed by atoms with Gasteiger partial charge in [-0.3, -0.25) is 14.3 Å². The zero-order valence-corrected chi connectivity index (χ0v) is 10.9. The Bertz CT molecular complexity index is 440. The van der Waals surface area contributed by atoms with E-state index in [0.29, 0.717) is 18.4 Å². The molecule has 0 bridgehead atoms. The summed E-state index contributed by atoms with van der Waals surface area (Å²) in [6.45, 7) is 3.85. The van der Waals surface area contributed by atoms with Gasteiger partial charge in [0.05, 0.1) is 17.2 Å². The smallest absolute Gasteiger partial charge is 0.308 e. The lowest BCUT2D eigenvalue weighted by Crippen LogP contribution is -2.32. The van der Waals surface area contributed by atoms with Crippen molar-refractivity contribution in [3.63, 3.8) is 0 Å². The van der Waals surface area contributed by atoms with Crippen LogP contribution in [0, 0.1) is 5.92 Å². The molecule has 1 rings (SSSR count). The highest BCUT2D eigenvalue weighted by Gasteiger charge is 2.18. The average Bonchev–Trinajstić information content (AvgIpc) is 2.70. The summed E-state index contributed by atoms with van der Waals surface area (Å²) in [5.41, 5.74) is 1.23. The van der Waals surface area contributed by atoms with Gasteiger partial charge in [-0.15, -0.1) is 0 Å². The largest absolute Gasteiger partial charge is 0.481 e. The van der Waals surface area contributed by atoms with Gasteiger partial charge in [-0.05, 0) is 12.8 Å². The number of aryl methyl sites for hydroxylation is 2. The molecular weight excluding hydrogens is 234 g/mol. The maximum atomic E-state index is 11.9. The van der Waals surface area contributed by atoms with E-state index in [2.05, 4.69) is 10.4 Å². The summed E-state index contributed by atoms with van der Waals surface area (Å²) in [6.07, 6.45) is 2.80. The third-order valence-corrected chi connectivity index (χ3v) is 2.84. The van der Waals surface area contributed by atoms with Crippen LogP contribution < -0.4 is 5.32 Å². The molecule has 6 heteroatoms. The van der Waals surface area contributed by atoms with Gasteiger partial charge >= 0.3 is 5.97 Å². The number of aliphatic carboxylic acids is 1. The molecule has 0 aliphatic heterocycles. The van der Waals surface area contributed by atoms with Crippen LogP contribution in [0.4, 0.5) is 0 Å². The quantitative estimate of drug-likeness (QED) is 0.786. The van der Waals surface area contributed by atoms with Gasteiger partial charge in [0.2, 0.25) is 0 Å². The van der Waals surface area contributed by atoms with E-state index in [9.17, 15) is 9.59 Å². The van der Waals surface area contributed by atoms with Gasteiger partial charge in [-0.2, -0.15) is 5.10 Å². The normalized spacial score (nSPS) is 12.2. The Morgan fingerprint density at radius 1 is 1.50 bits per heavy atom. The van der Waals surface area contributed by atoms with Gasteiger partial charge in [0.15, 0.2) is 0 Å². The lowest BCUT2D eigenvalue weighted by atomic mass is 10.1. The molecule has 0 aliphatic rings. The highest BCUT2D eigenvalue weighted by atomic mass is 16.4. The van der Waals surface area contributed by atoms with E-state index >= 15 is 0 Å². The Hall–Kier alpha value is -1.85. The predicted molar refractivity (Wildman–Crippen MR) is 66.3 cm³/mol. The highest BCUT2D eigenvalue weighted by molar-refractivity contribution is 5.95. The van der Waals surface area contributed by atoms with Crippen LogP contribution in [0.5, 0.6) is 0 Å². The van der Waals surface area contributed by atoms with Gasteiger partial charge in [0.1, 0.15) is 0 Å². The van der Waals surface area contributed by atoms with Gasteiger partial charge < -0.3 is 10.4 Å². The van der Waals surface area contributed by atoms with Crippen LogP contribution in [-0.2, 0) is 18.3 Å². The first kappa shape index (κ1) is 14.2. The number of carboxylic acids is 1. The summed E-state index contributed by atoms with van der Waals surface area (Å²) in [5, 5.41) is 15.7. The van der Waals surface area contributed by atoms with Crippen LogP contribution in [-0.4, -0.2) is 33.3 Å². The maximum absolute atomic E-state index is 11.9. The van der Waals surface area contributed by atoms with Crippen molar-refractivity contribution in [2.75, 3.05) is 6.54 Å². The van der Waals surface area contributed by atoms with E-state index in [1.807, 2.05) is 6.92 Å². The van der Waals surface area contributed by atoms with E-state index < -0.39 is 11.9 Å². The van der Waals surface area contributed by atoms with Crippen molar-refractivity contribution in [2.24, 2.45) is 13.0 Å². The molecule has 0 fully saturated rings. The number of carbonyl (C=O) groups excluding carboxylic acids is 1. The Balaban J connectivity index is 2.67. The Morgan fingerprint density at radius 2 is 2.17 bits per heavy atom. The molecule has 1 atom stereocenters. The second kappa shape index (κ2) is 6.18. The third-order valence-electron chi connectivity index (χ3n) is 2.84. The van der Waals surface area contributed by atoms with Crippen molar-refractivity contribution in [3.8, 4) is 0 Å². The zero-order chi connectivity index (χ0) is 13.7. The lowest BCUT2D eigenvalue weighted by molar-refractivity contribution is -0.141. The van der Waals surface area contributed by atoms with E-state index in [-0.39, 0.29) is 12.5 Å². The van der Waals surface area contributed by atoms with Crippen molar-refractivity contribution in [3.05, 3.63) is 17.5 Å². The minimum absolute atomic E-state index is 0.142. The summed E-state index contributed by atoms with van der Waals surface area (Å²) in [6, 6.07) is 0. The molecule has 6 nitrogen and oxygen atoms in total. The SMILES string of the molecule is CCc1nn(C)cc1C(=O)NCC(CC)C(=O)O. The number of amides is 1. The first-order chi connectivity index (χ1) is 8.49. The first-order valence-electron chi connectivity index (χ1n) is 6.03. The molecule has 0 saturated heterocycles. The van der Waals surface area contributed by atoms with Crippen LogP contribution in [0.3, 0.4) is 0 Å². The fourth-order valence-corrected chi connectivity index (χ4v) is 1.70. The minimum Gasteiger partial charge on any atom is -0.481 e. The number of nitrogens with zero attached hydrogens (tertiary/aromatic N) is 2. The number of aromatic nitrogens is 2. The summed E-state index contributed by atoms with van der Waals surface area (Å²) >= 11 is 0. The molecule has 0 aromatic carbocycles. The Morgan fingerprint density at radius 3 is 2.67 bits per heavy atom. The third kappa shape index (κ3) is 3.32. The van der Waals surface area contributed by atoms with Crippen LogP contribution in [0.1, 0.15) is 36.3 Å². The fourth-order valence-electron chi connectivity index (χ4n) is 1.70. The molecular formula is C12H19N3O3. The molecule has 18 heavy (non-hydrogen) atoms. The van der Waals surface area contributed by atoms with Crippen LogP contribution in [0.2, 0.25) is 0 Å². The molecule has 0 spiro atoms. The molecule has 100 valence electrons. The van der Waals surface area contributed by atoms with Gasteiger partial charge in [0, 0.05) is 19.8 Å². The maximum Gasteiger partial charge on any atom is 0.308 e. The lowest BCUT2D eigenvalue weighted by Gasteiger charge is -2.10. The average molecular weight is 253 g/mol. The van der Waals surface area contributed by atoms with Crippen molar-refractivity contribution in [2.45, 2.75) is 26.7 Å². The molecule has 1 aromatic rings. The number of hydrogen-bond donors (Lipinski definition) is 2. The van der Waals surface area contributed by atoms with Crippen LogP contribution in [0.15, 0.2) is 6.20 Å². The minimum atomic E-state index is -0.889. The summed E-state index contributed by atoms with van der Waals surface area (Å²) in [4.78, 5) is 22.8. The molecule has 0 saturated carbocycles. The number of rotatable bonds is 6. The molecule has 0 aliphatic carbocycles. The van der Waals surface area contributed by atoms with Crippen molar-refractivity contribution in [1.29, 1.82) is 0 Å². The summed E-state index contributed by atoms with van der Waals surface area (Å²) in [7, 11) is 1.75. The fraction of sp³-hybridized carbons (Fsp3) is 0.583. The van der Waals surface area contributed by atoms with E-state index in [1.54, 1.807) is 24.9 Å². The second-order valence-corrected chi connectivity index (χ2v) is 4.17. The van der Waals surface area contributed by atoms with Crippen LogP contribution >= 0.6 is 0 Å². The summed E-state index contributed by atoms with van der Waals surface area (Å²) in [5.74, 6) is -1.70. The van der Waals surface area contributed by atoms with Crippen molar-refractivity contribution < 1.29 is 14.7 Å². The van der Waals surface area contributed by atoms with Gasteiger partial charge in [-0.25, -0.2) is 0 Å². The monoisotopic (exact) mass is 253 g/mol. The van der Waals surface area contributed by atoms with Crippen molar-refractivity contribution in [1.82, 2.24) is 15.1 Å². The predicted octanol–water partition coefficient (Wildman–Crippen LogP) is 0.823. The highest BCUT2D eigenvalue weighted by Crippen LogP contribution is 2.08. The standard InChI is InChI=1S/C12H19N3O3/c1-4-8(12(17)18)6-13-11(16)9-7-15(3)14-10(9)5-2/h7-8H,4-6H2,1-3H3,(H,13,16)(H,17,18). The van der Waals surface area contributed by atoms with Gasteiger partial charge in [-0.1, -0.05) is 13.8 Å². The Kier molecular flexibility index (Phi) is 4.88. The second-order valence-electron chi connectivity index (χ2n) is 4.17. The van der Waals surface area contributed by atoms with Crippen molar-refractivity contribution >= 4 is 11.9 Å². The van der Waals surface area contributed by atoms with Gasteiger partial charge in [0.25, 0.3) is 5.91 Å². The molecule has 2 N–H and O–H groups in total. The molecule has 1 amide bonds. The molecule has 0 radical (unpaired) electrons.